The first-order chi connectivity index (χ1) is 8.35. The zero-order chi connectivity index (χ0) is 12.0. The summed E-state index contributed by atoms with van der Waals surface area (Å²) in [6, 6.07) is 0. The predicted molar refractivity (Wildman–Crippen MR) is 71.7 cm³/mol. The van der Waals surface area contributed by atoms with Crippen LogP contribution in [0.4, 0.5) is 0 Å². The summed E-state index contributed by atoms with van der Waals surface area (Å²) >= 11 is 6.13. The summed E-state index contributed by atoms with van der Waals surface area (Å²) in [5.41, 5.74) is 0.395. The fourth-order valence-corrected chi connectivity index (χ4v) is 3.26. The van der Waals surface area contributed by atoms with Gasteiger partial charge in [-0.1, -0.05) is 12.8 Å². The zero-order valence-corrected chi connectivity index (χ0v) is 11.5. The number of nitrogens with zero attached hydrogens (tertiary/aromatic N) is 1. The third kappa shape index (κ3) is 4.09. The lowest BCUT2D eigenvalue weighted by Crippen LogP contribution is -2.42. The second-order valence-electron chi connectivity index (χ2n) is 5.47. The first-order valence-electron chi connectivity index (χ1n) is 6.91. The molecular weight excluding hydrogens is 236 g/mol. The predicted octanol–water partition coefficient (Wildman–Crippen LogP) is 1.71. The maximum Gasteiger partial charge on any atom is 0.0594 e. The van der Waals surface area contributed by atoms with Crippen LogP contribution in [0.2, 0.25) is 0 Å². The van der Waals surface area contributed by atoms with E-state index in [2.05, 4.69) is 10.2 Å². The van der Waals surface area contributed by atoms with Gasteiger partial charge in [0, 0.05) is 38.6 Å². The SMILES string of the molecule is ClCC1(CNCCN2CCOCC2)CCCC1. The maximum atomic E-state index is 6.13. The van der Waals surface area contributed by atoms with Crippen molar-refractivity contribution in [1.29, 1.82) is 0 Å². The Morgan fingerprint density at radius 2 is 1.88 bits per heavy atom. The maximum absolute atomic E-state index is 6.13. The molecule has 1 saturated heterocycles. The van der Waals surface area contributed by atoms with E-state index in [1.165, 1.54) is 25.7 Å². The van der Waals surface area contributed by atoms with Crippen molar-refractivity contribution < 1.29 is 4.74 Å². The minimum Gasteiger partial charge on any atom is -0.379 e. The Hall–Kier alpha value is 0.170. The summed E-state index contributed by atoms with van der Waals surface area (Å²) in [7, 11) is 0. The minimum absolute atomic E-state index is 0.395. The molecule has 1 heterocycles. The van der Waals surface area contributed by atoms with Crippen LogP contribution in [-0.4, -0.2) is 56.7 Å². The first kappa shape index (κ1) is 13.6. The molecule has 3 nitrogen and oxygen atoms in total. The molecule has 0 aromatic heterocycles. The highest BCUT2D eigenvalue weighted by Gasteiger charge is 2.32. The summed E-state index contributed by atoms with van der Waals surface area (Å²) in [5, 5.41) is 3.60. The van der Waals surface area contributed by atoms with E-state index < -0.39 is 0 Å². The van der Waals surface area contributed by atoms with Crippen molar-refractivity contribution in [2.75, 3.05) is 51.8 Å². The standard InChI is InChI=1S/C13H25ClN2O/c14-11-13(3-1-2-4-13)12-15-5-6-16-7-9-17-10-8-16/h15H,1-12H2. The molecule has 4 heteroatoms. The molecule has 2 rings (SSSR count). The molecule has 0 aromatic carbocycles. The van der Waals surface area contributed by atoms with Crippen molar-refractivity contribution in [1.82, 2.24) is 10.2 Å². The Balaban J connectivity index is 1.58. The summed E-state index contributed by atoms with van der Waals surface area (Å²) in [6.45, 7) is 7.28. The summed E-state index contributed by atoms with van der Waals surface area (Å²) in [6.07, 6.45) is 5.33. The van der Waals surface area contributed by atoms with Crippen LogP contribution in [0.3, 0.4) is 0 Å². The Morgan fingerprint density at radius 1 is 1.18 bits per heavy atom. The molecule has 0 bridgehead atoms. The van der Waals surface area contributed by atoms with Gasteiger partial charge in [0.15, 0.2) is 0 Å². The van der Waals surface area contributed by atoms with Gasteiger partial charge in [-0.25, -0.2) is 0 Å². The molecule has 1 saturated carbocycles. The van der Waals surface area contributed by atoms with Crippen LogP contribution < -0.4 is 5.32 Å². The van der Waals surface area contributed by atoms with Crippen molar-refractivity contribution in [2.45, 2.75) is 25.7 Å². The van der Waals surface area contributed by atoms with Crippen molar-refractivity contribution in [3.8, 4) is 0 Å². The van der Waals surface area contributed by atoms with E-state index in [0.717, 1.165) is 51.8 Å². The number of alkyl halides is 1. The lowest BCUT2D eigenvalue weighted by Gasteiger charge is -2.29. The van der Waals surface area contributed by atoms with Crippen LogP contribution >= 0.6 is 11.6 Å². The van der Waals surface area contributed by atoms with Gasteiger partial charge in [-0.2, -0.15) is 0 Å². The molecule has 2 fully saturated rings. The van der Waals surface area contributed by atoms with Crippen LogP contribution in [0.25, 0.3) is 0 Å². The third-order valence-corrected chi connectivity index (χ3v) is 4.72. The van der Waals surface area contributed by atoms with E-state index in [9.17, 15) is 0 Å². The van der Waals surface area contributed by atoms with Gasteiger partial charge in [0.25, 0.3) is 0 Å². The van der Waals surface area contributed by atoms with Crippen molar-refractivity contribution in [2.24, 2.45) is 5.41 Å². The van der Waals surface area contributed by atoms with E-state index in [-0.39, 0.29) is 0 Å². The minimum atomic E-state index is 0.395. The number of morpholine rings is 1. The largest absolute Gasteiger partial charge is 0.379 e. The summed E-state index contributed by atoms with van der Waals surface area (Å²) < 4.78 is 5.34. The van der Waals surface area contributed by atoms with Gasteiger partial charge in [0.2, 0.25) is 0 Å². The molecule has 100 valence electrons. The number of rotatable bonds is 6. The zero-order valence-electron chi connectivity index (χ0n) is 10.7. The Bertz CT molecular complexity index is 213. The molecular formula is C13H25ClN2O. The molecule has 0 unspecified atom stereocenters. The number of halogens is 1. The number of hydrogen-bond donors (Lipinski definition) is 1. The van der Waals surface area contributed by atoms with E-state index >= 15 is 0 Å². The Morgan fingerprint density at radius 3 is 2.53 bits per heavy atom. The number of hydrogen-bond acceptors (Lipinski definition) is 3. The van der Waals surface area contributed by atoms with Gasteiger partial charge in [-0.15, -0.1) is 11.6 Å². The van der Waals surface area contributed by atoms with Crippen LogP contribution in [0.15, 0.2) is 0 Å². The topological polar surface area (TPSA) is 24.5 Å². The smallest absolute Gasteiger partial charge is 0.0594 e. The molecule has 2 aliphatic rings. The van der Waals surface area contributed by atoms with E-state index in [0.29, 0.717) is 5.41 Å². The summed E-state index contributed by atoms with van der Waals surface area (Å²) in [4.78, 5) is 2.47. The molecule has 0 radical (unpaired) electrons. The number of nitrogens with one attached hydrogen (secondary N) is 1. The van der Waals surface area contributed by atoms with Gasteiger partial charge in [-0.3, -0.25) is 4.90 Å². The molecule has 0 atom stereocenters. The normalized spacial score (nSPS) is 25.2. The lowest BCUT2D eigenvalue weighted by atomic mass is 9.88. The van der Waals surface area contributed by atoms with E-state index in [1.807, 2.05) is 0 Å². The van der Waals surface area contributed by atoms with Gasteiger partial charge >= 0.3 is 0 Å². The summed E-state index contributed by atoms with van der Waals surface area (Å²) in [5.74, 6) is 0.817. The second kappa shape index (κ2) is 6.93. The van der Waals surface area contributed by atoms with Gasteiger partial charge < -0.3 is 10.1 Å². The molecule has 1 N–H and O–H groups in total. The highest BCUT2D eigenvalue weighted by Crippen LogP contribution is 2.38. The average Bonchev–Trinajstić information content (AvgIpc) is 2.85. The molecule has 17 heavy (non-hydrogen) atoms. The fourth-order valence-electron chi connectivity index (χ4n) is 2.90. The average molecular weight is 261 g/mol. The van der Waals surface area contributed by atoms with Crippen molar-refractivity contribution in [3.05, 3.63) is 0 Å². The number of ether oxygens (including phenoxy) is 1. The van der Waals surface area contributed by atoms with Gasteiger partial charge in [0.1, 0.15) is 0 Å². The fraction of sp³-hybridized carbons (Fsp3) is 1.00. The molecule has 1 aliphatic carbocycles. The Labute approximate surface area is 110 Å². The quantitative estimate of drug-likeness (QED) is 0.581. The van der Waals surface area contributed by atoms with E-state index in [1.54, 1.807) is 0 Å². The molecule has 1 aliphatic heterocycles. The van der Waals surface area contributed by atoms with Crippen LogP contribution in [0.1, 0.15) is 25.7 Å². The molecule has 0 aromatic rings. The van der Waals surface area contributed by atoms with Crippen LogP contribution in [0.5, 0.6) is 0 Å². The van der Waals surface area contributed by atoms with Crippen LogP contribution in [-0.2, 0) is 4.74 Å². The van der Waals surface area contributed by atoms with E-state index in [4.69, 9.17) is 16.3 Å². The van der Waals surface area contributed by atoms with Crippen LogP contribution in [0, 0.1) is 5.41 Å². The highest BCUT2D eigenvalue weighted by atomic mass is 35.5. The molecule has 0 spiro atoms. The second-order valence-corrected chi connectivity index (χ2v) is 5.74. The first-order valence-corrected chi connectivity index (χ1v) is 7.45. The highest BCUT2D eigenvalue weighted by molar-refractivity contribution is 6.18. The third-order valence-electron chi connectivity index (χ3n) is 4.16. The van der Waals surface area contributed by atoms with Gasteiger partial charge in [0.05, 0.1) is 13.2 Å². The monoisotopic (exact) mass is 260 g/mol. The van der Waals surface area contributed by atoms with Gasteiger partial charge in [-0.05, 0) is 18.3 Å². The van der Waals surface area contributed by atoms with Crippen molar-refractivity contribution in [3.63, 3.8) is 0 Å². The van der Waals surface area contributed by atoms with Crippen molar-refractivity contribution >= 4 is 11.6 Å². The lowest BCUT2D eigenvalue weighted by molar-refractivity contribution is 0.0381. The Kier molecular flexibility index (Phi) is 5.54. The molecule has 0 amide bonds.